The van der Waals surface area contributed by atoms with E-state index in [1.165, 1.54) is 36.4 Å². The Balaban J connectivity index is 0.000000500. The van der Waals surface area contributed by atoms with Crippen molar-refractivity contribution in [3.05, 3.63) is 75.8 Å². The van der Waals surface area contributed by atoms with E-state index in [2.05, 4.69) is 22.5 Å². The second kappa shape index (κ2) is 13.3. The molecular formula is C25H31BrF2O6. The lowest BCUT2D eigenvalue weighted by Gasteiger charge is -2.31. The van der Waals surface area contributed by atoms with Gasteiger partial charge in [-0.1, -0.05) is 40.2 Å². The van der Waals surface area contributed by atoms with Gasteiger partial charge in [0.25, 0.3) is 0 Å². The highest BCUT2D eigenvalue weighted by molar-refractivity contribution is 9.10. The van der Waals surface area contributed by atoms with E-state index in [0.29, 0.717) is 26.7 Å². The lowest BCUT2D eigenvalue weighted by Crippen LogP contribution is -2.44. The largest absolute Gasteiger partial charge is 0.481 e. The molecule has 2 aromatic carbocycles. The predicted molar refractivity (Wildman–Crippen MR) is 130 cm³/mol. The molecule has 2 aromatic rings. The summed E-state index contributed by atoms with van der Waals surface area (Å²) in [5.74, 6) is -2.62. The molecule has 0 aliphatic heterocycles. The molecule has 0 saturated carbocycles. The van der Waals surface area contributed by atoms with E-state index >= 15 is 0 Å². The highest BCUT2D eigenvalue weighted by Gasteiger charge is 2.31. The summed E-state index contributed by atoms with van der Waals surface area (Å²) in [6, 6.07) is 7.98. The number of carboxylic acids is 2. The van der Waals surface area contributed by atoms with E-state index in [4.69, 9.17) is 20.4 Å². The molecule has 0 radical (unpaired) electrons. The topological polar surface area (TPSA) is 115 Å². The summed E-state index contributed by atoms with van der Waals surface area (Å²) in [6.07, 6.45) is -0.205. The second-order valence-electron chi connectivity index (χ2n) is 8.58. The Morgan fingerprint density at radius 2 is 1.24 bits per heavy atom. The van der Waals surface area contributed by atoms with Crippen LogP contribution in [0.4, 0.5) is 8.78 Å². The summed E-state index contributed by atoms with van der Waals surface area (Å²) < 4.78 is 25.9. The molecular weight excluding hydrogens is 514 g/mol. The lowest BCUT2D eigenvalue weighted by molar-refractivity contribution is -0.137. The van der Waals surface area contributed by atoms with Crippen molar-refractivity contribution in [2.75, 3.05) is 0 Å². The number of carboxylic acid groups (broad SMARTS) is 2. The van der Waals surface area contributed by atoms with Gasteiger partial charge in [-0.3, -0.25) is 9.59 Å². The van der Waals surface area contributed by atoms with Crippen molar-refractivity contribution in [3.8, 4) is 0 Å². The number of carbonyl (C=O) groups is 2. The second-order valence-corrected chi connectivity index (χ2v) is 9.43. The standard InChI is InChI=1S/C11H11FO2.C8H6BrFO2.C6H14O2/c1-7(2)10-6-9(12)4-3-8(10)5-11(13)14;9-7-4-6(10)2-1-5(7)3-8(11)12;1-5(2,7)6(3,4)8/h3-4,6H,1,5H2,2H3,(H,13,14);1-2,4H,3H2,(H,11,12);7-8H,1-4H3. The molecule has 0 spiro atoms. The molecule has 0 fully saturated rings. The molecule has 188 valence electrons. The van der Waals surface area contributed by atoms with Gasteiger partial charge in [0.05, 0.1) is 24.0 Å². The van der Waals surface area contributed by atoms with Gasteiger partial charge in [-0.25, -0.2) is 8.78 Å². The normalized spacial score (nSPS) is 10.9. The molecule has 0 bridgehead atoms. The minimum absolute atomic E-state index is 0.0964. The van der Waals surface area contributed by atoms with Crippen LogP contribution in [0.5, 0.6) is 0 Å². The van der Waals surface area contributed by atoms with Crippen molar-refractivity contribution in [3.63, 3.8) is 0 Å². The summed E-state index contributed by atoms with van der Waals surface area (Å²) in [5.41, 5.74) is 0.392. The summed E-state index contributed by atoms with van der Waals surface area (Å²) in [5, 5.41) is 35.3. The van der Waals surface area contributed by atoms with E-state index in [0.717, 1.165) is 0 Å². The van der Waals surface area contributed by atoms with E-state index in [1.807, 2.05) is 0 Å². The number of allylic oxidation sites excluding steroid dienone is 1. The van der Waals surface area contributed by atoms with Gasteiger partial charge < -0.3 is 20.4 Å². The molecule has 0 aromatic heterocycles. The number of aliphatic hydroxyl groups is 2. The molecule has 0 atom stereocenters. The highest BCUT2D eigenvalue weighted by Crippen LogP contribution is 2.20. The summed E-state index contributed by atoms with van der Waals surface area (Å²) >= 11 is 3.07. The first kappa shape index (κ1) is 31.4. The third-order valence-electron chi connectivity index (χ3n) is 4.73. The number of hydrogen-bond donors (Lipinski definition) is 4. The highest BCUT2D eigenvalue weighted by atomic mass is 79.9. The van der Waals surface area contributed by atoms with Gasteiger partial charge in [-0.05, 0) is 75.6 Å². The average Bonchev–Trinajstić information content (AvgIpc) is 2.64. The van der Waals surface area contributed by atoms with Crippen LogP contribution in [-0.4, -0.2) is 43.6 Å². The van der Waals surface area contributed by atoms with Crippen molar-refractivity contribution in [1.82, 2.24) is 0 Å². The maximum Gasteiger partial charge on any atom is 0.307 e. The van der Waals surface area contributed by atoms with Gasteiger partial charge >= 0.3 is 11.9 Å². The zero-order valence-corrected chi connectivity index (χ0v) is 21.4. The molecule has 0 amide bonds. The lowest BCUT2D eigenvalue weighted by atomic mass is 9.90. The van der Waals surface area contributed by atoms with Gasteiger partial charge in [-0.2, -0.15) is 0 Å². The smallest absolute Gasteiger partial charge is 0.307 e. The van der Waals surface area contributed by atoms with E-state index in [9.17, 15) is 18.4 Å². The zero-order valence-electron chi connectivity index (χ0n) is 19.8. The maximum absolute atomic E-state index is 12.9. The number of halogens is 3. The fraction of sp³-hybridized carbons (Fsp3) is 0.360. The third-order valence-corrected chi connectivity index (χ3v) is 5.47. The number of aliphatic carboxylic acids is 2. The summed E-state index contributed by atoms with van der Waals surface area (Å²) in [4.78, 5) is 20.8. The Morgan fingerprint density at radius 1 is 0.853 bits per heavy atom. The van der Waals surface area contributed by atoms with Crippen LogP contribution < -0.4 is 0 Å². The molecule has 4 N–H and O–H groups in total. The van der Waals surface area contributed by atoms with Crippen molar-refractivity contribution in [2.24, 2.45) is 0 Å². The first-order valence-corrected chi connectivity index (χ1v) is 10.9. The third kappa shape index (κ3) is 12.0. The molecule has 34 heavy (non-hydrogen) atoms. The number of rotatable bonds is 6. The van der Waals surface area contributed by atoms with Gasteiger partial charge in [0.2, 0.25) is 0 Å². The summed E-state index contributed by atoms with van der Waals surface area (Å²) in [7, 11) is 0. The van der Waals surface area contributed by atoms with Gasteiger partial charge in [0.15, 0.2) is 0 Å². The first-order valence-electron chi connectivity index (χ1n) is 10.1. The van der Waals surface area contributed by atoms with E-state index < -0.39 is 23.1 Å². The maximum atomic E-state index is 12.9. The quantitative estimate of drug-likeness (QED) is 0.395. The van der Waals surface area contributed by atoms with Crippen molar-refractivity contribution < 1.29 is 38.8 Å². The molecule has 0 aliphatic rings. The Labute approximate surface area is 206 Å². The Hall–Kier alpha value is -2.62. The fourth-order valence-corrected chi connectivity index (χ4v) is 2.58. The monoisotopic (exact) mass is 544 g/mol. The van der Waals surface area contributed by atoms with Crippen LogP contribution in [0, 0.1) is 11.6 Å². The zero-order chi connectivity index (χ0) is 26.9. The minimum Gasteiger partial charge on any atom is -0.481 e. The van der Waals surface area contributed by atoms with Gasteiger partial charge in [0, 0.05) is 4.47 Å². The van der Waals surface area contributed by atoms with Gasteiger partial charge in [0.1, 0.15) is 11.6 Å². The van der Waals surface area contributed by atoms with Crippen molar-refractivity contribution in [1.29, 1.82) is 0 Å². The van der Waals surface area contributed by atoms with Crippen LogP contribution >= 0.6 is 15.9 Å². The molecule has 2 rings (SSSR count). The van der Waals surface area contributed by atoms with Crippen molar-refractivity contribution >= 4 is 33.4 Å². The molecule has 0 heterocycles. The minimum atomic E-state index is -1.01. The van der Waals surface area contributed by atoms with Crippen LogP contribution in [0.3, 0.4) is 0 Å². The predicted octanol–water partition coefficient (Wildman–Crippen LogP) is 5.23. The molecule has 6 nitrogen and oxygen atoms in total. The van der Waals surface area contributed by atoms with Crippen LogP contribution in [0.25, 0.3) is 5.57 Å². The van der Waals surface area contributed by atoms with E-state index in [-0.39, 0.29) is 24.5 Å². The number of hydrogen-bond acceptors (Lipinski definition) is 4. The molecule has 0 aliphatic carbocycles. The molecule has 0 unspecified atom stereocenters. The molecule has 0 saturated heterocycles. The van der Waals surface area contributed by atoms with E-state index in [1.54, 1.807) is 34.6 Å². The molecule has 9 heteroatoms. The first-order chi connectivity index (χ1) is 15.3. The van der Waals surface area contributed by atoms with Crippen LogP contribution in [-0.2, 0) is 22.4 Å². The number of benzene rings is 2. The fourth-order valence-electron chi connectivity index (χ4n) is 2.09. The Kier molecular flexibility index (Phi) is 12.3. The Bertz CT molecular complexity index is 995. The van der Waals surface area contributed by atoms with Crippen LogP contribution in [0.2, 0.25) is 0 Å². The SMILES string of the molecule is C=C(C)c1cc(F)ccc1CC(=O)O.CC(C)(O)C(C)(C)O.O=C(O)Cc1ccc(F)cc1Br. The Morgan fingerprint density at radius 3 is 1.59 bits per heavy atom. The average molecular weight is 545 g/mol. The summed E-state index contributed by atoms with van der Waals surface area (Å²) in [6.45, 7) is 11.7. The van der Waals surface area contributed by atoms with Crippen molar-refractivity contribution in [2.45, 2.75) is 58.7 Å². The van der Waals surface area contributed by atoms with Crippen LogP contribution in [0.1, 0.15) is 51.3 Å². The van der Waals surface area contributed by atoms with Gasteiger partial charge in [-0.15, -0.1) is 0 Å². The van der Waals surface area contributed by atoms with Crippen LogP contribution in [0.15, 0.2) is 47.4 Å².